The lowest BCUT2D eigenvalue weighted by Crippen LogP contribution is -2.35. The smallest absolute Gasteiger partial charge is 0.240 e. The van der Waals surface area contributed by atoms with Crippen LogP contribution in [-0.4, -0.2) is 43.5 Å². The summed E-state index contributed by atoms with van der Waals surface area (Å²) in [6.45, 7) is 4.77. The van der Waals surface area contributed by atoms with E-state index in [4.69, 9.17) is 0 Å². The first-order chi connectivity index (χ1) is 11.8. The van der Waals surface area contributed by atoms with Crippen molar-refractivity contribution in [1.82, 2.24) is 9.62 Å². The average molecular weight is 366 g/mol. The van der Waals surface area contributed by atoms with Gasteiger partial charge in [0.1, 0.15) is 0 Å². The summed E-state index contributed by atoms with van der Waals surface area (Å²) in [5.41, 5.74) is 1.96. The zero-order chi connectivity index (χ0) is 18.4. The lowest BCUT2D eigenvalue weighted by Gasteiger charge is -2.29. The van der Waals surface area contributed by atoms with E-state index >= 15 is 0 Å². The van der Waals surface area contributed by atoms with E-state index in [0.29, 0.717) is 25.9 Å². The van der Waals surface area contributed by atoms with Crippen molar-refractivity contribution in [2.45, 2.75) is 50.7 Å². The van der Waals surface area contributed by atoms with Crippen LogP contribution in [0.15, 0.2) is 35.2 Å². The van der Waals surface area contributed by atoms with Gasteiger partial charge in [-0.1, -0.05) is 18.2 Å². The van der Waals surface area contributed by atoms with Gasteiger partial charge in [0.25, 0.3) is 0 Å². The van der Waals surface area contributed by atoms with E-state index in [0.717, 1.165) is 17.5 Å². The number of hydrogen-bond donors (Lipinski definition) is 2. The maximum absolute atomic E-state index is 12.4. The summed E-state index contributed by atoms with van der Waals surface area (Å²) < 4.78 is 27.2. The largest absolute Gasteiger partial charge is 0.393 e. The molecule has 138 valence electrons. The van der Waals surface area contributed by atoms with Crippen molar-refractivity contribution in [3.05, 3.63) is 41.5 Å². The van der Waals surface area contributed by atoms with Crippen LogP contribution in [0, 0.1) is 0 Å². The zero-order valence-electron chi connectivity index (χ0n) is 14.7. The number of hydrogen-bond acceptors (Lipinski definition) is 4. The Balaban J connectivity index is 2.12. The number of benzene rings is 1. The minimum absolute atomic E-state index is 0.0482. The number of aliphatic hydroxyl groups is 1. The van der Waals surface area contributed by atoms with Crippen LogP contribution in [0.2, 0.25) is 0 Å². The Bertz CT molecular complexity index is 741. The Hall–Kier alpha value is -1.70. The van der Waals surface area contributed by atoms with Crippen LogP contribution in [-0.2, 0) is 27.8 Å². The molecule has 1 aromatic carbocycles. The average Bonchev–Trinajstić information content (AvgIpc) is 2.58. The lowest BCUT2D eigenvalue weighted by atomic mass is 9.99. The van der Waals surface area contributed by atoms with E-state index < -0.39 is 16.1 Å². The molecule has 1 aliphatic heterocycles. The van der Waals surface area contributed by atoms with Gasteiger partial charge in [-0.05, 0) is 49.9 Å². The molecule has 1 unspecified atom stereocenters. The fourth-order valence-corrected chi connectivity index (χ4v) is 3.84. The molecule has 0 radical (unpaired) electrons. The molecule has 0 spiro atoms. The molecule has 1 amide bonds. The van der Waals surface area contributed by atoms with Gasteiger partial charge in [0, 0.05) is 26.1 Å². The number of sulfonamides is 1. The highest BCUT2D eigenvalue weighted by molar-refractivity contribution is 7.89. The molecule has 2 N–H and O–H groups in total. The van der Waals surface area contributed by atoms with Crippen LogP contribution >= 0.6 is 0 Å². The molecule has 25 heavy (non-hydrogen) atoms. The van der Waals surface area contributed by atoms with Crippen LogP contribution in [0.3, 0.4) is 0 Å². The molecule has 0 aromatic heterocycles. The normalized spacial score (nSPS) is 16.0. The number of rotatable bonds is 7. The van der Waals surface area contributed by atoms with Crippen molar-refractivity contribution in [3.8, 4) is 0 Å². The molecular formula is C18H26N2O4S. The van der Waals surface area contributed by atoms with E-state index in [1.807, 2.05) is 25.1 Å². The Morgan fingerprint density at radius 3 is 2.84 bits per heavy atom. The predicted molar refractivity (Wildman–Crippen MR) is 96.5 cm³/mol. The molecule has 0 fully saturated rings. The summed E-state index contributed by atoms with van der Waals surface area (Å²) in [7, 11) is -3.62. The highest BCUT2D eigenvalue weighted by atomic mass is 32.2. The first-order valence-electron chi connectivity index (χ1n) is 8.52. The van der Waals surface area contributed by atoms with Gasteiger partial charge < -0.3 is 10.0 Å². The molecule has 0 bridgehead atoms. The van der Waals surface area contributed by atoms with Gasteiger partial charge >= 0.3 is 0 Å². The van der Waals surface area contributed by atoms with Crippen LogP contribution in [0.4, 0.5) is 0 Å². The summed E-state index contributed by atoms with van der Waals surface area (Å²) in [6.07, 6.45) is 4.57. The fraction of sp³-hybridized carbons (Fsp3) is 0.500. The molecule has 1 heterocycles. The maximum atomic E-state index is 12.4. The summed E-state index contributed by atoms with van der Waals surface area (Å²) in [4.78, 5) is 14.1. The predicted octanol–water partition coefficient (Wildman–Crippen LogP) is 1.59. The van der Waals surface area contributed by atoms with Gasteiger partial charge in [0.05, 0.1) is 11.0 Å². The van der Waals surface area contributed by atoms with E-state index in [-0.39, 0.29) is 17.3 Å². The topological polar surface area (TPSA) is 86.7 Å². The third-order valence-corrected chi connectivity index (χ3v) is 5.69. The van der Waals surface area contributed by atoms with Crippen molar-refractivity contribution in [2.24, 2.45) is 0 Å². The number of carbonyl (C=O) groups excluding carboxylic acids is 1. The van der Waals surface area contributed by atoms with Crippen LogP contribution in [0.1, 0.15) is 37.8 Å². The monoisotopic (exact) mass is 366 g/mol. The van der Waals surface area contributed by atoms with E-state index in [9.17, 15) is 18.3 Å². The third-order valence-electron chi connectivity index (χ3n) is 4.24. The minimum atomic E-state index is -3.62. The summed E-state index contributed by atoms with van der Waals surface area (Å²) >= 11 is 0. The zero-order valence-corrected chi connectivity index (χ0v) is 15.6. The second-order valence-corrected chi connectivity index (χ2v) is 8.07. The van der Waals surface area contributed by atoms with Crippen LogP contribution in [0.5, 0.6) is 0 Å². The number of aliphatic hydroxyl groups excluding tert-OH is 1. The Labute approximate surface area is 149 Å². The Morgan fingerprint density at radius 2 is 2.16 bits per heavy atom. The molecule has 0 saturated carbocycles. The molecule has 7 heteroatoms. The van der Waals surface area contributed by atoms with E-state index in [1.165, 1.54) is 0 Å². The second kappa shape index (κ2) is 8.60. The molecule has 1 atom stereocenters. The summed E-state index contributed by atoms with van der Waals surface area (Å²) in [5.74, 6) is 0.0482. The fourth-order valence-electron chi connectivity index (χ4n) is 2.75. The van der Waals surface area contributed by atoms with Gasteiger partial charge in [-0.25, -0.2) is 13.1 Å². The quantitative estimate of drug-likeness (QED) is 0.718. The number of carbonyl (C=O) groups is 1. The maximum Gasteiger partial charge on any atom is 0.240 e. The highest BCUT2D eigenvalue weighted by Gasteiger charge is 2.22. The standard InChI is InChI=1S/C18H26N2O4S/c1-3-4-5-18(22)20-11-9-15-6-7-17(12-16(15)13-20)25(23,24)19-10-8-14(2)21/h3-4,6-7,12,14,19,21H,5,8-11,13H2,1-2H3. The number of nitrogens with zero attached hydrogens (tertiary/aromatic N) is 1. The Morgan fingerprint density at radius 1 is 1.40 bits per heavy atom. The molecule has 0 saturated heterocycles. The molecule has 1 aliphatic rings. The number of amides is 1. The minimum Gasteiger partial charge on any atom is -0.393 e. The van der Waals surface area contributed by atoms with Gasteiger partial charge in [-0.3, -0.25) is 4.79 Å². The number of nitrogens with one attached hydrogen (secondary N) is 1. The number of allylic oxidation sites excluding steroid dienone is 1. The van der Waals surface area contributed by atoms with Gasteiger partial charge in [0.15, 0.2) is 0 Å². The van der Waals surface area contributed by atoms with E-state index in [1.54, 1.807) is 24.0 Å². The molecule has 6 nitrogen and oxygen atoms in total. The SMILES string of the molecule is CC=CCC(=O)N1CCc2ccc(S(=O)(=O)NCCC(C)O)cc2C1. The van der Waals surface area contributed by atoms with Gasteiger partial charge in [0.2, 0.25) is 15.9 Å². The third kappa shape index (κ3) is 5.39. The van der Waals surface area contributed by atoms with Crippen molar-refractivity contribution < 1.29 is 18.3 Å². The molecule has 1 aromatic rings. The molecule has 2 rings (SSSR count). The molecular weight excluding hydrogens is 340 g/mol. The summed E-state index contributed by atoms with van der Waals surface area (Å²) in [6, 6.07) is 5.07. The molecule has 0 aliphatic carbocycles. The van der Waals surface area contributed by atoms with Crippen molar-refractivity contribution >= 4 is 15.9 Å². The number of fused-ring (bicyclic) bond motifs is 1. The first-order valence-corrected chi connectivity index (χ1v) is 10.00. The first kappa shape index (κ1) is 19.6. The Kier molecular flexibility index (Phi) is 6.75. The van der Waals surface area contributed by atoms with E-state index in [2.05, 4.69) is 4.72 Å². The lowest BCUT2D eigenvalue weighted by molar-refractivity contribution is -0.131. The van der Waals surface area contributed by atoms with Crippen molar-refractivity contribution in [2.75, 3.05) is 13.1 Å². The van der Waals surface area contributed by atoms with Crippen LogP contribution < -0.4 is 4.72 Å². The van der Waals surface area contributed by atoms with Gasteiger partial charge in [-0.2, -0.15) is 0 Å². The van der Waals surface area contributed by atoms with Crippen molar-refractivity contribution in [1.29, 1.82) is 0 Å². The van der Waals surface area contributed by atoms with Crippen molar-refractivity contribution in [3.63, 3.8) is 0 Å². The van der Waals surface area contributed by atoms with Crippen LogP contribution in [0.25, 0.3) is 0 Å². The highest BCUT2D eigenvalue weighted by Crippen LogP contribution is 2.23. The summed E-state index contributed by atoms with van der Waals surface area (Å²) in [5, 5.41) is 9.24. The van der Waals surface area contributed by atoms with Gasteiger partial charge in [-0.15, -0.1) is 0 Å². The second-order valence-electron chi connectivity index (χ2n) is 6.30.